The van der Waals surface area contributed by atoms with Crippen LogP contribution < -0.4 is 11.2 Å². The van der Waals surface area contributed by atoms with Gasteiger partial charge in [-0.15, -0.1) is 11.8 Å². The molecule has 0 amide bonds. The third-order valence-corrected chi connectivity index (χ3v) is 6.06. The quantitative estimate of drug-likeness (QED) is 0.726. The number of benzene rings is 2. The lowest BCUT2D eigenvalue weighted by Gasteiger charge is -2.17. The summed E-state index contributed by atoms with van der Waals surface area (Å²) in [5.41, 5.74) is 0.919. The number of nitrogens with one attached hydrogen (secondary N) is 1. The first kappa shape index (κ1) is 18.9. The molecule has 1 atom stereocenters. The summed E-state index contributed by atoms with van der Waals surface area (Å²) in [6.07, 6.45) is -0.236. The number of rotatable bonds is 3. The highest BCUT2D eigenvalue weighted by Crippen LogP contribution is 2.41. The van der Waals surface area contributed by atoms with Crippen molar-refractivity contribution in [1.29, 1.82) is 0 Å². The molecule has 0 radical (unpaired) electrons. The Balaban J connectivity index is 2.09. The number of nitrogens with zero attached hydrogens (tertiary/aromatic N) is 1. The van der Waals surface area contributed by atoms with Crippen LogP contribution >= 0.6 is 11.8 Å². The molecular formula is C20H18F2N2O3S. The molecule has 1 aromatic heterocycles. The summed E-state index contributed by atoms with van der Waals surface area (Å²) >= 11 is 1.42. The van der Waals surface area contributed by atoms with E-state index in [4.69, 9.17) is 4.74 Å². The fraction of sp³-hybridized carbons (Fsp3) is 0.300. The van der Waals surface area contributed by atoms with Crippen molar-refractivity contribution < 1.29 is 13.5 Å². The molecule has 1 aliphatic rings. The van der Waals surface area contributed by atoms with E-state index in [9.17, 15) is 18.4 Å². The molecule has 0 fully saturated rings. The molecule has 4 rings (SSSR count). The second kappa shape index (κ2) is 7.18. The summed E-state index contributed by atoms with van der Waals surface area (Å²) in [6.45, 7) is 4.42. The van der Waals surface area contributed by atoms with Gasteiger partial charge in [0.25, 0.3) is 5.56 Å². The zero-order valence-electron chi connectivity index (χ0n) is 15.3. The van der Waals surface area contributed by atoms with Crippen molar-refractivity contribution in [3.05, 3.63) is 62.3 Å². The largest absolute Gasteiger partial charge is 0.376 e. The summed E-state index contributed by atoms with van der Waals surface area (Å²) in [7, 11) is 0. The number of aromatic amines is 1. The lowest BCUT2D eigenvalue weighted by atomic mass is 9.97. The Morgan fingerprint density at radius 2 is 2.07 bits per heavy atom. The van der Waals surface area contributed by atoms with Gasteiger partial charge < -0.3 is 4.74 Å². The number of aryl methyl sites for hydroxylation is 1. The first-order valence-corrected chi connectivity index (χ1v) is 9.89. The van der Waals surface area contributed by atoms with Gasteiger partial charge in [-0.3, -0.25) is 14.3 Å². The first-order valence-electron chi connectivity index (χ1n) is 8.91. The second-order valence-electron chi connectivity index (χ2n) is 6.68. The molecule has 0 saturated heterocycles. The van der Waals surface area contributed by atoms with Gasteiger partial charge in [-0.1, -0.05) is 0 Å². The van der Waals surface area contributed by atoms with Crippen molar-refractivity contribution in [2.75, 3.05) is 12.4 Å². The average molecular weight is 404 g/mol. The fourth-order valence-electron chi connectivity index (χ4n) is 3.66. The Labute approximate surface area is 163 Å². The van der Waals surface area contributed by atoms with Crippen LogP contribution in [0.15, 0.2) is 38.8 Å². The Bertz CT molecular complexity index is 1200. The minimum absolute atomic E-state index is 0.234. The molecule has 1 N–H and O–H groups in total. The number of hydrogen-bond acceptors (Lipinski definition) is 4. The third kappa shape index (κ3) is 3.06. The Morgan fingerprint density at radius 1 is 1.29 bits per heavy atom. The van der Waals surface area contributed by atoms with Crippen LogP contribution in [0.4, 0.5) is 8.78 Å². The van der Waals surface area contributed by atoms with E-state index in [-0.39, 0.29) is 18.2 Å². The normalized spacial score (nSPS) is 16.4. The summed E-state index contributed by atoms with van der Waals surface area (Å²) < 4.78 is 35.2. The zero-order chi connectivity index (χ0) is 20.0. The van der Waals surface area contributed by atoms with E-state index in [2.05, 4.69) is 4.98 Å². The SMILES string of the molecule is CCO[C@@H]1CSc2c(-c3ccc(F)cc3F)c(C)cc3c(=O)[nH]c(=O)n(c23)C1. The molecule has 8 heteroatoms. The minimum atomic E-state index is -0.691. The van der Waals surface area contributed by atoms with E-state index in [0.29, 0.717) is 39.3 Å². The number of ether oxygens (including phenoxy) is 1. The maximum atomic E-state index is 14.6. The maximum Gasteiger partial charge on any atom is 0.328 e. The fourth-order valence-corrected chi connectivity index (χ4v) is 4.99. The van der Waals surface area contributed by atoms with Crippen molar-refractivity contribution in [1.82, 2.24) is 9.55 Å². The van der Waals surface area contributed by atoms with Gasteiger partial charge in [0.15, 0.2) is 0 Å². The molecule has 146 valence electrons. The van der Waals surface area contributed by atoms with Crippen LogP contribution in [0, 0.1) is 18.6 Å². The van der Waals surface area contributed by atoms with Gasteiger partial charge in [-0.2, -0.15) is 0 Å². The van der Waals surface area contributed by atoms with Crippen molar-refractivity contribution in [3.8, 4) is 11.1 Å². The Hall–Kier alpha value is -2.45. The predicted molar refractivity (Wildman–Crippen MR) is 105 cm³/mol. The van der Waals surface area contributed by atoms with Crippen LogP contribution in [0.25, 0.3) is 22.0 Å². The maximum absolute atomic E-state index is 14.6. The third-order valence-electron chi connectivity index (χ3n) is 4.84. The number of aromatic nitrogens is 2. The van der Waals surface area contributed by atoms with Crippen LogP contribution in [-0.4, -0.2) is 28.0 Å². The number of thioether (sulfide) groups is 1. The summed E-state index contributed by atoms with van der Waals surface area (Å²) in [4.78, 5) is 28.0. The molecule has 0 aliphatic carbocycles. The van der Waals surface area contributed by atoms with Gasteiger partial charge in [-0.05, 0) is 37.6 Å². The van der Waals surface area contributed by atoms with Crippen molar-refractivity contribution in [2.24, 2.45) is 0 Å². The van der Waals surface area contributed by atoms with Crippen LogP contribution in [-0.2, 0) is 11.3 Å². The van der Waals surface area contributed by atoms with Crippen LogP contribution in [0.5, 0.6) is 0 Å². The lowest BCUT2D eigenvalue weighted by molar-refractivity contribution is 0.0677. The molecule has 0 spiro atoms. The molecule has 3 aromatic rings. The van der Waals surface area contributed by atoms with Gasteiger partial charge in [0.1, 0.15) is 11.6 Å². The molecule has 0 unspecified atom stereocenters. The van der Waals surface area contributed by atoms with Gasteiger partial charge in [0, 0.05) is 34.4 Å². The lowest BCUT2D eigenvalue weighted by Crippen LogP contribution is -2.34. The van der Waals surface area contributed by atoms with E-state index in [1.54, 1.807) is 13.0 Å². The van der Waals surface area contributed by atoms with Crippen molar-refractivity contribution in [2.45, 2.75) is 31.4 Å². The summed E-state index contributed by atoms with van der Waals surface area (Å²) in [5, 5.41) is 0.364. The first-order chi connectivity index (χ1) is 13.4. The Kier molecular flexibility index (Phi) is 4.84. The molecule has 2 heterocycles. The van der Waals surface area contributed by atoms with Crippen LogP contribution in [0.3, 0.4) is 0 Å². The summed E-state index contributed by atoms with van der Waals surface area (Å²) in [5.74, 6) is -0.816. The van der Waals surface area contributed by atoms with Crippen LogP contribution in [0.1, 0.15) is 12.5 Å². The molecule has 0 bridgehead atoms. The van der Waals surface area contributed by atoms with Crippen molar-refractivity contribution in [3.63, 3.8) is 0 Å². The van der Waals surface area contributed by atoms with E-state index >= 15 is 0 Å². The van der Waals surface area contributed by atoms with Gasteiger partial charge in [0.05, 0.1) is 23.6 Å². The molecule has 1 aliphatic heterocycles. The van der Waals surface area contributed by atoms with Crippen molar-refractivity contribution >= 4 is 22.7 Å². The van der Waals surface area contributed by atoms with E-state index in [0.717, 1.165) is 6.07 Å². The predicted octanol–water partition coefficient (Wildman–Crippen LogP) is 3.45. The van der Waals surface area contributed by atoms with Gasteiger partial charge in [0.2, 0.25) is 0 Å². The number of halogens is 2. The highest BCUT2D eigenvalue weighted by atomic mass is 32.2. The van der Waals surface area contributed by atoms with E-state index < -0.39 is 22.9 Å². The standard InChI is InChI=1S/C20H18F2N2O3S/c1-3-27-12-8-24-17-14(19(25)23-20(24)26)6-10(2)16(18(17)28-9-12)13-5-4-11(21)7-15(13)22/h4-7,12H,3,8-9H2,1-2H3,(H,23,25,26)/t12-/m0/s1. The smallest absolute Gasteiger partial charge is 0.328 e. The highest BCUT2D eigenvalue weighted by Gasteiger charge is 2.26. The molecule has 2 aromatic carbocycles. The number of hydrogen-bond donors (Lipinski definition) is 1. The highest BCUT2D eigenvalue weighted by molar-refractivity contribution is 7.99. The van der Waals surface area contributed by atoms with Gasteiger partial charge >= 0.3 is 5.69 Å². The topological polar surface area (TPSA) is 64.1 Å². The van der Waals surface area contributed by atoms with E-state index in [1.807, 2.05) is 6.92 Å². The minimum Gasteiger partial charge on any atom is -0.376 e. The number of H-pyrrole nitrogens is 1. The second-order valence-corrected chi connectivity index (χ2v) is 7.71. The van der Waals surface area contributed by atoms with E-state index in [1.165, 1.54) is 28.5 Å². The molecular weight excluding hydrogens is 386 g/mol. The molecule has 28 heavy (non-hydrogen) atoms. The summed E-state index contributed by atoms with van der Waals surface area (Å²) in [6, 6.07) is 5.06. The Morgan fingerprint density at radius 3 is 2.79 bits per heavy atom. The van der Waals surface area contributed by atoms with Crippen LogP contribution in [0.2, 0.25) is 0 Å². The zero-order valence-corrected chi connectivity index (χ0v) is 16.2. The monoisotopic (exact) mass is 404 g/mol. The van der Waals surface area contributed by atoms with Gasteiger partial charge in [-0.25, -0.2) is 13.6 Å². The molecule has 0 saturated carbocycles. The average Bonchev–Trinajstić information content (AvgIpc) is 2.82. The molecule has 5 nitrogen and oxygen atoms in total.